The van der Waals surface area contributed by atoms with Gasteiger partial charge >= 0.3 is 6.01 Å². The van der Waals surface area contributed by atoms with Gasteiger partial charge in [-0.25, -0.2) is 4.98 Å². The van der Waals surface area contributed by atoms with Gasteiger partial charge in [0.2, 0.25) is 5.88 Å². The molecule has 0 aliphatic heterocycles. The van der Waals surface area contributed by atoms with Crippen LogP contribution in [0, 0.1) is 0 Å². The van der Waals surface area contributed by atoms with Crippen LogP contribution in [-0.4, -0.2) is 37.5 Å². The maximum atomic E-state index is 5.51. The Morgan fingerprint density at radius 2 is 2.26 bits per heavy atom. The van der Waals surface area contributed by atoms with Gasteiger partial charge in [-0.3, -0.25) is 4.68 Å². The van der Waals surface area contributed by atoms with Gasteiger partial charge in [0.05, 0.1) is 0 Å². The quantitative estimate of drug-likeness (QED) is 0.640. The van der Waals surface area contributed by atoms with Crippen LogP contribution in [0.1, 0.15) is 13.3 Å². The molecule has 0 aromatic carbocycles. The van der Waals surface area contributed by atoms with Gasteiger partial charge in [-0.2, -0.15) is 9.97 Å². The lowest BCUT2D eigenvalue weighted by Crippen LogP contribution is -2.04. The lowest BCUT2D eigenvalue weighted by molar-refractivity contribution is 0.417. The lowest BCUT2D eigenvalue weighted by Gasteiger charge is -2.07. The Bertz CT molecular complexity index is 544. The maximum absolute atomic E-state index is 5.51. The highest BCUT2D eigenvalue weighted by Crippen LogP contribution is 2.21. The minimum absolute atomic E-state index is 0.273. The second-order valence-electron chi connectivity index (χ2n) is 3.81. The largest absolute Gasteiger partial charge is 0.404 e. The van der Waals surface area contributed by atoms with E-state index in [0.29, 0.717) is 11.0 Å². The zero-order valence-electron chi connectivity index (χ0n) is 11.1. The number of aryl methyl sites for hydroxylation is 1. The fraction of sp³-hybridized carbons (Fsp3) is 0.455. The van der Waals surface area contributed by atoms with Crippen LogP contribution in [-0.2, 0) is 7.05 Å². The van der Waals surface area contributed by atoms with Crippen molar-refractivity contribution in [2.24, 2.45) is 7.05 Å². The van der Waals surface area contributed by atoms with Gasteiger partial charge in [0, 0.05) is 19.7 Å². The van der Waals surface area contributed by atoms with E-state index in [4.69, 9.17) is 4.74 Å². The molecule has 0 atom stereocenters. The molecular weight excluding hydrogens is 264 g/mol. The first-order valence-electron chi connectivity index (χ1n) is 5.91. The Kier molecular flexibility index (Phi) is 4.56. The van der Waals surface area contributed by atoms with E-state index in [9.17, 15) is 0 Å². The number of aromatic nitrogens is 5. The number of ether oxygens (including phenoxy) is 1. The first kappa shape index (κ1) is 13.6. The molecule has 1 N–H and O–H groups in total. The molecule has 0 bridgehead atoms. The standard InChI is InChI=1S/C11H16N6OS/c1-4-5-12-8-6-9(15-11(14-8)19-3)18-10-13-7-17(2)16-10/h6-7H,4-5H2,1-3H3,(H,12,14,15). The molecule has 0 fully saturated rings. The fourth-order valence-electron chi connectivity index (χ4n) is 1.35. The number of nitrogens with zero attached hydrogens (tertiary/aromatic N) is 5. The highest BCUT2D eigenvalue weighted by Gasteiger charge is 2.08. The summed E-state index contributed by atoms with van der Waals surface area (Å²) in [6, 6.07) is 2.01. The average Bonchev–Trinajstić information content (AvgIpc) is 2.81. The second-order valence-corrected chi connectivity index (χ2v) is 4.58. The SMILES string of the molecule is CCCNc1cc(Oc2ncn(C)n2)nc(SC)n1. The third-order valence-electron chi connectivity index (χ3n) is 2.20. The molecule has 19 heavy (non-hydrogen) atoms. The van der Waals surface area contributed by atoms with Gasteiger partial charge in [-0.1, -0.05) is 18.7 Å². The molecule has 0 spiro atoms. The molecule has 0 amide bonds. The van der Waals surface area contributed by atoms with Gasteiger partial charge in [0.1, 0.15) is 12.1 Å². The number of rotatable bonds is 6. The van der Waals surface area contributed by atoms with Crippen molar-refractivity contribution >= 4 is 17.6 Å². The molecule has 0 saturated heterocycles. The number of hydrogen-bond donors (Lipinski definition) is 1. The molecule has 7 nitrogen and oxygen atoms in total. The molecule has 0 saturated carbocycles. The minimum atomic E-state index is 0.273. The minimum Gasteiger partial charge on any atom is -0.404 e. The van der Waals surface area contributed by atoms with E-state index in [2.05, 4.69) is 32.3 Å². The summed E-state index contributed by atoms with van der Waals surface area (Å²) in [4.78, 5) is 12.6. The van der Waals surface area contributed by atoms with Crippen LogP contribution in [0.2, 0.25) is 0 Å². The van der Waals surface area contributed by atoms with Crippen LogP contribution >= 0.6 is 11.8 Å². The van der Waals surface area contributed by atoms with E-state index >= 15 is 0 Å². The first-order valence-corrected chi connectivity index (χ1v) is 7.14. The molecule has 102 valence electrons. The van der Waals surface area contributed by atoms with E-state index < -0.39 is 0 Å². The molecule has 2 aromatic rings. The van der Waals surface area contributed by atoms with Crippen molar-refractivity contribution in [1.29, 1.82) is 0 Å². The van der Waals surface area contributed by atoms with Crippen molar-refractivity contribution in [3.05, 3.63) is 12.4 Å². The summed E-state index contributed by atoms with van der Waals surface area (Å²) >= 11 is 1.46. The third-order valence-corrected chi connectivity index (χ3v) is 2.74. The fourth-order valence-corrected chi connectivity index (χ4v) is 1.72. The number of thioether (sulfide) groups is 1. The number of nitrogens with one attached hydrogen (secondary N) is 1. The van der Waals surface area contributed by atoms with Gasteiger partial charge in [-0.05, 0) is 12.7 Å². The molecule has 8 heteroatoms. The summed E-state index contributed by atoms with van der Waals surface area (Å²) in [6.45, 7) is 2.95. The normalized spacial score (nSPS) is 10.5. The predicted octanol–water partition coefficient (Wildman–Crippen LogP) is 1.94. The van der Waals surface area contributed by atoms with E-state index in [-0.39, 0.29) is 6.01 Å². The molecule has 0 aliphatic rings. The summed E-state index contributed by atoms with van der Waals surface area (Å²) in [5, 5.41) is 7.90. The molecule has 0 unspecified atom stereocenters. The number of anilines is 1. The lowest BCUT2D eigenvalue weighted by atomic mass is 10.4. The predicted molar refractivity (Wildman–Crippen MR) is 73.7 cm³/mol. The van der Waals surface area contributed by atoms with Crippen LogP contribution in [0.25, 0.3) is 0 Å². The summed E-state index contributed by atoms with van der Waals surface area (Å²) in [7, 11) is 1.78. The maximum Gasteiger partial charge on any atom is 0.342 e. The Morgan fingerprint density at radius 1 is 1.42 bits per heavy atom. The van der Waals surface area contributed by atoms with E-state index in [1.165, 1.54) is 11.8 Å². The zero-order valence-corrected chi connectivity index (χ0v) is 11.9. The van der Waals surface area contributed by atoms with Crippen molar-refractivity contribution in [1.82, 2.24) is 24.7 Å². The second kappa shape index (κ2) is 6.37. The highest BCUT2D eigenvalue weighted by molar-refractivity contribution is 7.98. The molecular formula is C11H16N6OS. The summed E-state index contributed by atoms with van der Waals surface area (Å²) in [5.74, 6) is 1.18. The molecule has 2 heterocycles. The summed E-state index contributed by atoms with van der Waals surface area (Å²) in [6.07, 6.45) is 4.51. The van der Waals surface area contributed by atoms with Crippen LogP contribution in [0.5, 0.6) is 11.9 Å². The molecule has 2 rings (SSSR count). The van der Waals surface area contributed by atoms with Crippen LogP contribution in [0.15, 0.2) is 17.6 Å². The smallest absolute Gasteiger partial charge is 0.342 e. The molecule has 2 aromatic heterocycles. The van der Waals surface area contributed by atoms with Gasteiger partial charge in [0.25, 0.3) is 0 Å². The van der Waals surface area contributed by atoms with Gasteiger partial charge in [-0.15, -0.1) is 5.10 Å². The van der Waals surface area contributed by atoms with E-state index in [1.54, 1.807) is 24.1 Å². The van der Waals surface area contributed by atoms with Crippen LogP contribution in [0.3, 0.4) is 0 Å². The Morgan fingerprint density at radius 3 is 2.89 bits per heavy atom. The van der Waals surface area contributed by atoms with Crippen molar-refractivity contribution in [3.63, 3.8) is 0 Å². The topological polar surface area (TPSA) is 77.8 Å². The van der Waals surface area contributed by atoms with Crippen molar-refractivity contribution in [2.75, 3.05) is 18.1 Å². The van der Waals surface area contributed by atoms with Crippen molar-refractivity contribution in [3.8, 4) is 11.9 Å². The highest BCUT2D eigenvalue weighted by atomic mass is 32.2. The monoisotopic (exact) mass is 280 g/mol. The first-order chi connectivity index (χ1) is 9.21. The number of hydrogen-bond acceptors (Lipinski definition) is 7. The van der Waals surface area contributed by atoms with E-state index in [0.717, 1.165) is 18.8 Å². The van der Waals surface area contributed by atoms with Crippen LogP contribution in [0.4, 0.5) is 5.82 Å². The summed E-state index contributed by atoms with van der Waals surface area (Å²) < 4.78 is 7.09. The van der Waals surface area contributed by atoms with Crippen molar-refractivity contribution < 1.29 is 4.74 Å². The molecule has 0 radical (unpaired) electrons. The van der Waals surface area contributed by atoms with Crippen LogP contribution < -0.4 is 10.1 Å². The average molecular weight is 280 g/mol. The van der Waals surface area contributed by atoms with E-state index in [1.807, 2.05) is 6.26 Å². The third kappa shape index (κ3) is 3.82. The zero-order chi connectivity index (χ0) is 13.7. The Hall–Kier alpha value is -1.83. The van der Waals surface area contributed by atoms with Gasteiger partial charge in [0.15, 0.2) is 5.16 Å². The summed E-state index contributed by atoms with van der Waals surface area (Å²) in [5.41, 5.74) is 0. The Balaban J connectivity index is 2.18. The van der Waals surface area contributed by atoms with Crippen molar-refractivity contribution in [2.45, 2.75) is 18.5 Å². The van der Waals surface area contributed by atoms with Gasteiger partial charge < -0.3 is 10.1 Å². The molecule has 0 aliphatic carbocycles. The Labute approximate surface area is 115 Å².